The number of amides is 3. The Kier molecular flexibility index (Phi) is 9.95. The summed E-state index contributed by atoms with van der Waals surface area (Å²) in [6.45, 7) is 0. The van der Waals surface area contributed by atoms with E-state index in [4.69, 9.17) is 39.9 Å². The van der Waals surface area contributed by atoms with E-state index in [0.717, 1.165) is 12.8 Å². The fourth-order valence-corrected chi connectivity index (χ4v) is 4.86. The van der Waals surface area contributed by atoms with Gasteiger partial charge in [0, 0.05) is 34.3 Å². The predicted octanol–water partition coefficient (Wildman–Crippen LogP) is 4.31. The molecule has 3 aromatic rings. The lowest BCUT2D eigenvalue weighted by Gasteiger charge is -2.16. The summed E-state index contributed by atoms with van der Waals surface area (Å²) in [5.41, 5.74) is 3.03. The van der Waals surface area contributed by atoms with Crippen LogP contribution in [0.25, 0.3) is 17.3 Å². The molecule has 3 amide bonds. The zero-order chi connectivity index (χ0) is 29.4. The van der Waals surface area contributed by atoms with Crippen LogP contribution in [0.15, 0.2) is 47.6 Å². The number of imidazole rings is 1. The minimum Gasteiger partial charge on any atom is -0.343 e. The van der Waals surface area contributed by atoms with Gasteiger partial charge >= 0.3 is 0 Å². The number of carbonyl (C=O) groups excluding carboxylic acids is 3. The predicted molar refractivity (Wildman–Crippen MR) is 161 cm³/mol. The van der Waals surface area contributed by atoms with Crippen molar-refractivity contribution < 1.29 is 14.4 Å². The van der Waals surface area contributed by atoms with E-state index in [0.29, 0.717) is 70.4 Å². The van der Waals surface area contributed by atoms with Crippen molar-refractivity contribution in [2.24, 2.45) is 16.8 Å². The van der Waals surface area contributed by atoms with Gasteiger partial charge in [-0.3, -0.25) is 19.4 Å². The summed E-state index contributed by atoms with van der Waals surface area (Å²) in [7, 11) is 0. The third-order valence-corrected chi connectivity index (χ3v) is 6.88. The largest absolute Gasteiger partial charge is 0.343 e. The van der Waals surface area contributed by atoms with Gasteiger partial charge in [0.05, 0.1) is 17.4 Å². The number of nitrogens with one attached hydrogen (secondary N) is 4. The molecule has 12 nitrogen and oxygen atoms in total. The maximum Gasteiger partial charge on any atom is 0.244 e. The minimum atomic E-state index is -0.489. The molecule has 2 bridgehead atoms. The van der Waals surface area contributed by atoms with Crippen LogP contribution in [0, 0.1) is 0 Å². The zero-order valence-electron chi connectivity index (χ0n) is 21.9. The van der Waals surface area contributed by atoms with Gasteiger partial charge < -0.3 is 26.8 Å². The second-order valence-electron chi connectivity index (χ2n) is 9.22. The Morgan fingerprint density at radius 3 is 2.78 bits per heavy atom. The second-order valence-corrected chi connectivity index (χ2v) is 10.0. The van der Waals surface area contributed by atoms with E-state index in [1.807, 2.05) is 0 Å². The Balaban J connectivity index is 1.62. The molecule has 14 heteroatoms. The maximum atomic E-state index is 13.1. The number of H-pyrrole nitrogens is 1. The average Bonchev–Trinajstić information content (AvgIpc) is 3.32. The van der Waals surface area contributed by atoms with Gasteiger partial charge in [0.15, 0.2) is 0 Å². The number of hydrazine groups is 1. The van der Waals surface area contributed by atoms with Crippen molar-refractivity contribution in [2.45, 2.75) is 38.1 Å². The topological polar surface area (TPSA) is 184 Å². The first-order valence-corrected chi connectivity index (χ1v) is 13.5. The number of nitrogens with zero attached hydrogens (tertiary/aromatic N) is 3. The number of aromatic nitrogens is 2. The van der Waals surface area contributed by atoms with Gasteiger partial charge in [0.1, 0.15) is 23.0 Å². The van der Waals surface area contributed by atoms with E-state index in [9.17, 15) is 14.4 Å². The Morgan fingerprint density at radius 1 is 1.17 bits per heavy atom. The first-order valence-electron chi connectivity index (χ1n) is 12.7. The van der Waals surface area contributed by atoms with Crippen molar-refractivity contribution >= 4 is 70.9 Å². The molecule has 0 saturated heterocycles. The molecule has 0 unspecified atom stereocenters. The van der Waals surface area contributed by atoms with Gasteiger partial charge in [0.2, 0.25) is 18.2 Å². The highest BCUT2D eigenvalue weighted by Gasteiger charge is 2.23. The first kappa shape index (κ1) is 29.6. The van der Waals surface area contributed by atoms with E-state index in [1.54, 1.807) is 42.5 Å². The molecule has 41 heavy (non-hydrogen) atoms. The molecule has 1 aliphatic heterocycles. The lowest BCUT2D eigenvalue weighted by molar-refractivity contribution is -0.117. The summed E-state index contributed by atoms with van der Waals surface area (Å²) >= 11 is 12.7. The molecule has 0 saturated carbocycles. The van der Waals surface area contributed by atoms with E-state index in [1.165, 1.54) is 17.4 Å². The Hall–Kier alpha value is -4.39. The summed E-state index contributed by atoms with van der Waals surface area (Å²) in [4.78, 5) is 44.4. The lowest BCUT2D eigenvalue weighted by Crippen LogP contribution is -2.30. The van der Waals surface area contributed by atoms with Crippen LogP contribution in [0.2, 0.25) is 10.2 Å². The van der Waals surface area contributed by atoms with Gasteiger partial charge in [-0.05, 0) is 55.3 Å². The van der Waals surface area contributed by atoms with Gasteiger partial charge in [-0.1, -0.05) is 36.0 Å². The fourth-order valence-electron chi connectivity index (χ4n) is 4.44. The quantitative estimate of drug-likeness (QED) is 0.0585. The summed E-state index contributed by atoms with van der Waals surface area (Å²) in [5.74, 6) is 11.1. The smallest absolute Gasteiger partial charge is 0.244 e. The number of hydrogen-bond donors (Lipinski definition) is 6. The van der Waals surface area contributed by atoms with Gasteiger partial charge in [0.25, 0.3) is 0 Å². The van der Waals surface area contributed by atoms with Crippen LogP contribution in [0.5, 0.6) is 0 Å². The van der Waals surface area contributed by atoms with Crippen molar-refractivity contribution in [1.82, 2.24) is 15.3 Å². The van der Waals surface area contributed by atoms with Crippen molar-refractivity contribution in [2.75, 3.05) is 15.6 Å². The first-order chi connectivity index (χ1) is 19.8. The fraction of sp³-hybridized carbons (Fsp3) is 0.222. The summed E-state index contributed by atoms with van der Waals surface area (Å²) in [6.07, 6.45) is 7.77. The van der Waals surface area contributed by atoms with E-state index >= 15 is 0 Å². The molecular weight excluding hydrogens is 569 g/mol. The monoisotopic (exact) mass is 597 g/mol. The van der Waals surface area contributed by atoms with Crippen LogP contribution >= 0.6 is 23.2 Å². The molecule has 1 aliphatic rings. The standard InChI is InChI=1S/C27H29Cl2N9O3/c28-17-7-10-22(38(31)14-33-30)16(12-17)6-11-24(41)34-20-4-2-1-3-5-23(40)35-21-13-18(32-15-39)8-9-19(21)25-26(29)37-27(20)36-25/h6-15,20H,1-5,30-31H2,(H,32,39)(H,34,41)(H,35,40)(H,36,37)/b11-6+,33-14-/t20-/m0/s1. The van der Waals surface area contributed by atoms with Crippen molar-refractivity contribution in [3.05, 3.63) is 64.0 Å². The van der Waals surface area contributed by atoms with Gasteiger partial charge in [-0.2, -0.15) is 5.10 Å². The Labute approximate surface area is 246 Å². The third-order valence-electron chi connectivity index (χ3n) is 6.37. The SMILES string of the molecule is N/N=C\N(N)c1ccc(Cl)cc1/C=C/C(=O)N[C@H]1CCCCCC(=O)Nc2cc(NC=O)ccc2-c2nc1[nH]c2Cl. The summed E-state index contributed by atoms with van der Waals surface area (Å²) in [5, 5.41) is 13.8. The van der Waals surface area contributed by atoms with Crippen LogP contribution in [0.4, 0.5) is 17.1 Å². The molecule has 1 atom stereocenters. The lowest BCUT2D eigenvalue weighted by atomic mass is 10.1. The number of carbonyl (C=O) groups is 3. The van der Waals surface area contributed by atoms with Crippen LogP contribution in [-0.4, -0.2) is 34.5 Å². The molecule has 0 fully saturated rings. The van der Waals surface area contributed by atoms with Crippen LogP contribution in [0.1, 0.15) is 49.5 Å². The van der Waals surface area contributed by atoms with E-state index in [2.05, 4.69) is 26.0 Å². The third kappa shape index (κ3) is 7.63. The van der Waals surface area contributed by atoms with Crippen LogP contribution in [-0.2, 0) is 14.4 Å². The van der Waals surface area contributed by atoms with E-state index in [-0.39, 0.29) is 17.0 Å². The van der Waals surface area contributed by atoms with Crippen LogP contribution < -0.4 is 32.6 Å². The highest BCUT2D eigenvalue weighted by atomic mass is 35.5. The number of anilines is 3. The minimum absolute atomic E-state index is 0.162. The Morgan fingerprint density at radius 2 is 2.00 bits per heavy atom. The molecule has 0 spiro atoms. The number of rotatable bonds is 7. The highest BCUT2D eigenvalue weighted by molar-refractivity contribution is 6.32. The molecule has 8 N–H and O–H groups in total. The number of hydrogen-bond acceptors (Lipinski definition) is 7. The molecule has 4 rings (SSSR count). The summed E-state index contributed by atoms with van der Waals surface area (Å²) in [6, 6.07) is 9.54. The normalized spacial score (nSPS) is 15.8. The maximum absolute atomic E-state index is 13.1. The van der Waals surface area contributed by atoms with Crippen molar-refractivity contribution in [3.8, 4) is 11.3 Å². The van der Waals surface area contributed by atoms with Crippen molar-refractivity contribution in [1.29, 1.82) is 0 Å². The molecular formula is C27H29Cl2N9O3. The zero-order valence-corrected chi connectivity index (χ0v) is 23.4. The molecule has 2 aromatic carbocycles. The number of benzene rings is 2. The van der Waals surface area contributed by atoms with E-state index < -0.39 is 6.04 Å². The number of hydrazone groups is 1. The Bertz CT molecular complexity index is 1490. The molecule has 0 radical (unpaired) electrons. The number of aromatic amines is 1. The molecule has 0 aliphatic carbocycles. The van der Waals surface area contributed by atoms with Crippen LogP contribution in [0.3, 0.4) is 0 Å². The number of fused-ring (bicyclic) bond motifs is 4. The van der Waals surface area contributed by atoms with Gasteiger partial charge in [-0.25, -0.2) is 10.8 Å². The summed E-state index contributed by atoms with van der Waals surface area (Å²) < 4.78 is 0. The number of nitrogens with two attached hydrogens (primary N) is 2. The molecule has 1 aromatic heterocycles. The average molecular weight is 598 g/mol. The number of halogens is 2. The highest BCUT2D eigenvalue weighted by Crippen LogP contribution is 2.36. The van der Waals surface area contributed by atoms with Gasteiger partial charge in [-0.15, -0.1) is 0 Å². The van der Waals surface area contributed by atoms with Crippen molar-refractivity contribution in [3.63, 3.8) is 0 Å². The molecule has 2 heterocycles. The second kappa shape index (κ2) is 13.8. The molecule has 214 valence electrons.